The van der Waals surface area contributed by atoms with Crippen LogP contribution in [0.2, 0.25) is 0 Å². The lowest BCUT2D eigenvalue weighted by molar-refractivity contribution is -0.193. The SMILES string of the molecule is N=C(N)c1cccc(OC[C@@H](CC(=O)O)NC(=O)c2ccc(CC3CCNCC3)cc2)c1.O=C(O)C(F)(F)F.O=C(O)C(F)(F)F. The van der Waals surface area contributed by atoms with Crippen molar-refractivity contribution >= 4 is 29.7 Å². The van der Waals surface area contributed by atoms with Gasteiger partial charge in [0.2, 0.25) is 0 Å². The number of carbonyl (C=O) groups excluding carboxylic acids is 1. The number of hydrogen-bond donors (Lipinski definition) is 7. The smallest absolute Gasteiger partial charge is 0.490 e. The number of benzene rings is 2. The van der Waals surface area contributed by atoms with Crippen molar-refractivity contribution in [3.05, 3.63) is 65.2 Å². The van der Waals surface area contributed by atoms with Gasteiger partial charge in [0.25, 0.3) is 5.91 Å². The number of amidine groups is 1. The largest absolute Gasteiger partial charge is 0.491 e. The van der Waals surface area contributed by atoms with Crippen molar-refractivity contribution in [1.82, 2.24) is 10.6 Å². The number of carbonyl (C=O) groups is 4. The molecule has 3 rings (SSSR count). The fourth-order valence-corrected chi connectivity index (χ4v) is 3.79. The van der Waals surface area contributed by atoms with Crippen LogP contribution in [0.4, 0.5) is 26.3 Å². The molecule has 1 saturated heterocycles. The quantitative estimate of drug-likeness (QED) is 0.112. The van der Waals surface area contributed by atoms with Crippen molar-refractivity contribution in [2.75, 3.05) is 19.7 Å². The molecule has 1 aliphatic rings. The van der Waals surface area contributed by atoms with E-state index in [0.29, 0.717) is 22.8 Å². The third-order valence-electron chi connectivity index (χ3n) is 6.04. The number of nitrogens with two attached hydrogens (primary N) is 1. The van der Waals surface area contributed by atoms with Gasteiger partial charge in [-0.3, -0.25) is 15.0 Å². The molecule has 2 aromatic rings. The number of carboxylic acids is 3. The zero-order valence-electron chi connectivity index (χ0n) is 24.0. The van der Waals surface area contributed by atoms with Crippen LogP contribution in [0, 0.1) is 11.3 Å². The summed E-state index contributed by atoms with van der Waals surface area (Å²) < 4.78 is 69.1. The van der Waals surface area contributed by atoms with Crippen LogP contribution in [0.5, 0.6) is 5.75 Å². The number of nitrogens with one attached hydrogen (secondary N) is 3. The van der Waals surface area contributed by atoms with Gasteiger partial charge in [-0.1, -0.05) is 24.3 Å². The molecule has 0 unspecified atom stereocenters. The van der Waals surface area contributed by atoms with Gasteiger partial charge in [-0.15, -0.1) is 0 Å². The van der Waals surface area contributed by atoms with E-state index in [2.05, 4.69) is 10.6 Å². The van der Waals surface area contributed by atoms with Crippen molar-refractivity contribution in [2.45, 2.75) is 44.1 Å². The normalized spacial score (nSPS) is 13.9. The number of rotatable bonds is 10. The van der Waals surface area contributed by atoms with Gasteiger partial charge in [0.1, 0.15) is 18.2 Å². The zero-order valence-corrected chi connectivity index (χ0v) is 24.0. The predicted octanol–water partition coefficient (Wildman–Crippen LogP) is 3.43. The lowest BCUT2D eigenvalue weighted by atomic mass is 9.91. The molecule has 1 heterocycles. The molecule has 0 bridgehead atoms. The van der Waals surface area contributed by atoms with Gasteiger partial charge in [0.15, 0.2) is 0 Å². The number of nitrogen functional groups attached to an aromatic ring is 1. The average Bonchev–Trinajstić information content (AvgIpc) is 2.96. The maximum Gasteiger partial charge on any atom is 0.490 e. The molecule has 0 aromatic heterocycles. The van der Waals surface area contributed by atoms with Crippen LogP contribution < -0.4 is 21.1 Å². The summed E-state index contributed by atoms with van der Waals surface area (Å²) in [5.74, 6) is -5.87. The zero-order chi connectivity index (χ0) is 35.1. The first-order valence-corrected chi connectivity index (χ1v) is 13.3. The molecular weight excluding hydrogens is 634 g/mol. The molecule has 0 saturated carbocycles. The number of hydrogen-bond acceptors (Lipinski definition) is 7. The van der Waals surface area contributed by atoms with E-state index in [9.17, 15) is 41.0 Å². The number of amides is 1. The molecule has 1 atom stereocenters. The molecule has 0 aliphatic carbocycles. The Kier molecular flexibility index (Phi) is 15.5. The Morgan fingerprint density at radius 2 is 1.43 bits per heavy atom. The van der Waals surface area contributed by atoms with E-state index in [1.54, 1.807) is 36.4 Å². The Balaban J connectivity index is 0.000000629. The Labute approximate surface area is 258 Å². The van der Waals surface area contributed by atoms with Crippen molar-refractivity contribution in [2.24, 2.45) is 11.7 Å². The van der Waals surface area contributed by atoms with Crippen molar-refractivity contribution in [3.63, 3.8) is 0 Å². The van der Waals surface area contributed by atoms with Crippen LogP contribution in [-0.2, 0) is 20.8 Å². The van der Waals surface area contributed by atoms with Crippen LogP contribution in [0.15, 0.2) is 48.5 Å². The monoisotopic (exact) mass is 666 g/mol. The molecular formula is C28H32F6N4O8. The number of carboxylic acid groups (broad SMARTS) is 3. The van der Waals surface area contributed by atoms with E-state index in [0.717, 1.165) is 32.4 Å². The summed E-state index contributed by atoms with van der Waals surface area (Å²) in [6.45, 7) is 2.08. The van der Waals surface area contributed by atoms with Crippen LogP contribution >= 0.6 is 0 Å². The van der Waals surface area contributed by atoms with Gasteiger partial charge in [-0.05, 0) is 68.1 Å². The van der Waals surface area contributed by atoms with E-state index in [1.807, 2.05) is 12.1 Å². The van der Waals surface area contributed by atoms with Gasteiger partial charge >= 0.3 is 30.3 Å². The standard InChI is InChI=1S/C24H30N4O4.2C2HF3O2/c25-23(26)19-2-1-3-21(13-19)32-15-20(14-22(29)30)28-24(31)18-6-4-16(5-7-18)12-17-8-10-27-11-9-17;2*3-2(4,5)1(6)7/h1-7,13,17,20,27H,8-12,14-15H2,(H3,25,26)(H,28,31)(H,29,30);2*(H,6,7)/t20-;;/m1../s1. The summed E-state index contributed by atoms with van der Waals surface area (Å²) >= 11 is 0. The van der Waals surface area contributed by atoms with E-state index >= 15 is 0 Å². The Morgan fingerprint density at radius 3 is 1.89 bits per heavy atom. The first kappa shape index (κ1) is 39.2. The second-order valence-electron chi connectivity index (χ2n) is 9.72. The van der Waals surface area contributed by atoms with Gasteiger partial charge < -0.3 is 36.4 Å². The first-order valence-electron chi connectivity index (χ1n) is 13.3. The summed E-state index contributed by atoms with van der Waals surface area (Å²) in [6.07, 6.45) is -7.12. The number of halogens is 6. The predicted molar refractivity (Wildman–Crippen MR) is 150 cm³/mol. The first-order chi connectivity index (χ1) is 21.3. The molecule has 46 heavy (non-hydrogen) atoms. The maximum atomic E-state index is 12.7. The number of aliphatic carboxylic acids is 3. The number of alkyl halides is 6. The van der Waals surface area contributed by atoms with Crippen molar-refractivity contribution in [1.29, 1.82) is 5.41 Å². The van der Waals surface area contributed by atoms with Gasteiger partial charge in [0, 0.05) is 11.1 Å². The molecule has 0 spiro atoms. The molecule has 1 fully saturated rings. The fourth-order valence-electron chi connectivity index (χ4n) is 3.79. The summed E-state index contributed by atoms with van der Waals surface area (Å²) in [7, 11) is 0. The lowest BCUT2D eigenvalue weighted by Crippen LogP contribution is -2.40. The Morgan fingerprint density at radius 1 is 0.913 bits per heavy atom. The average molecular weight is 667 g/mol. The van der Waals surface area contributed by atoms with Crippen LogP contribution in [0.3, 0.4) is 0 Å². The van der Waals surface area contributed by atoms with E-state index in [4.69, 9.17) is 35.7 Å². The highest BCUT2D eigenvalue weighted by atomic mass is 19.4. The van der Waals surface area contributed by atoms with E-state index in [-0.39, 0.29) is 24.8 Å². The minimum Gasteiger partial charge on any atom is -0.491 e. The van der Waals surface area contributed by atoms with Crippen molar-refractivity contribution < 1.29 is 65.6 Å². The third kappa shape index (κ3) is 15.7. The summed E-state index contributed by atoms with van der Waals surface area (Å²) in [6, 6.07) is 13.4. The lowest BCUT2D eigenvalue weighted by Gasteiger charge is -2.22. The minimum absolute atomic E-state index is 0.0206. The molecule has 12 nitrogen and oxygen atoms in total. The molecule has 0 radical (unpaired) electrons. The molecule has 18 heteroatoms. The Bertz CT molecular complexity index is 1310. The number of piperidine rings is 1. The third-order valence-corrected chi connectivity index (χ3v) is 6.04. The highest BCUT2D eigenvalue weighted by molar-refractivity contribution is 5.95. The highest BCUT2D eigenvalue weighted by Gasteiger charge is 2.38. The number of ether oxygens (including phenoxy) is 1. The van der Waals surface area contributed by atoms with Crippen LogP contribution in [0.25, 0.3) is 0 Å². The fraction of sp³-hybridized carbons (Fsp3) is 0.393. The van der Waals surface area contributed by atoms with Gasteiger partial charge in [-0.25, -0.2) is 9.59 Å². The summed E-state index contributed by atoms with van der Waals surface area (Å²) in [5.41, 5.74) is 7.67. The molecule has 2 aromatic carbocycles. The minimum atomic E-state index is -5.08. The van der Waals surface area contributed by atoms with E-state index < -0.39 is 36.3 Å². The summed E-state index contributed by atoms with van der Waals surface area (Å²) in [4.78, 5) is 41.7. The van der Waals surface area contributed by atoms with Crippen LogP contribution in [-0.4, -0.2) is 83.1 Å². The van der Waals surface area contributed by atoms with Gasteiger partial charge in [0.05, 0.1) is 12.5 Å². The van der Waals surface area contributed by atoms with Crippen molar-refractivity contribution in [3.8, 4) is 5.75 Å². The second kappa shape index (κ2) is 18.2. The Hall–Kier alpha value is -4.87. The second-order valence-corrected chi connectivity index (χ2v) is 9.72. The molecule has 254 valence electrons. The molecule has 8 N–H and O–H groups in total. The maximum absolute atomic E-state index is 12.7. The topological polar surface area (TPSA) is 212 Å². The molecule has 1 aliphatic heterocycles. The van der Waals surface area contributed by atoms with Gasteiger partial charge in [-0.2, -0.15) is 26.3 Å². The summed E-state index contributed by atoms with van der Waals surface area (Å²) in [5, 5.41) is 37.1. The highest BCUT2D eigenvalue weighted by Crippen LogP contribution is 2.19. The van der Waals surface area contributed by atoms with E-state index in [1.165, 1.54) is 5.56 Å². The molecule has 1 amide bonds. The van der Waals surface area contributed by atoms with Crippen LogP contribution in [0.1, 0.15) is 40.7 Å².